The first-order chi connectivity index (χ1) is 16.0. The summed E-state index contributed by atoms with van der Waals surface area (Å²) in [6.45, 7) is 8.50. The third-order valence-electron chi connectivity index (χ3n) is 6.05. The molecule has 33 heavy (non-hydrogen) atoms. The monoisotopic (exact) mass is 467 g/mol. The maximum atomic E-state index is 9.42. The maximum absolute atomic E-state index is 9.42. The average Bonchev–Trinajstić information content (AvgIpc) is 3.52. The molecule has 4 aromatic heterocycles. The lowest BCUT2D eigenvalue weighted by atomic mass is 10.1. The van der Waals surface area contributed by atoms with Gasteiger partial charge in [-0.15, -0.1) is 11.3 Å². The van der Waals surface area contributed by atoms with Crippen molar-refractivity contribution in [1.82, 2.24) is 29.3 Å². The molecule has 1 aliphatic rings. The van der Waals surface area contributed by atoms with Gasteiger partial charge in [0.25, 0.3) is 0 Å². The summed E-state index contributed by atoms with van der Waals surface area (Å²) in [5, 5.41) is 15.3. The number of nitrogens with zero attached hydrogens (tertiary/aromatic N) is 7. The van der Waals surface area contributed by atoms with Gasteiger partial charge >= 0.3 is 0 Å². The molecule has 1 fully saturated rings. The lowest BCUT2D eigenvalue weighted by Gasteiger charge is -2.34. The molecule has 1 atom stereocenters. The van der Waals surface area contributed by atoms with Crippen molar-refractivity contribution < 1.29 is 9.84 Å². The molecule has 1 aliphatic heterocycles. The number of rotatable bonds is 6. The number of hydrogen-bond donors (Lipinski definition) is 1. The van der Waals surface area contributed by atoms with Crippen molar-refractivity contribution in [2.45, 2.75) is 39.3 Å². The number of aromatic nitrogens is 6. The molecule has 5 rings (SSSR count). The molecule has 4 aromatic rings. The molecule has 0 aromatic carbocycles. The van der Waals surface area contributed by atoms with Crippen LogP contribution in [0.25, 0.3) is 32.4 Å². The zero-order valence-electron chi connectivity index (χ0n) is 19.4. The molecule has 1 N–H and O–H groups in total. The van der Waals surface area contributed by atoms with Crippen LogP contribution in [0.5, 0.6) is 0 Å². The van der Waals surface area contributed by atoms with E-state index in [1.54, 1.807) is 17.5 Å². The highest BCUT2D eigenvalue weighted by Gasteiger charge is 2.27. The first-order valence-electron chi connectivity index (χ1n) is 11.3. The number of anilines is 1. The van der Waals surface area contributed by atoms with Crippen LogP contribution in [0.3, 0.4) is 0 Å². The molecule has 0 bridgehead atoms. The van der Waals surface area contributed by atoms with E-state index in [1.807, 2.05) is 28.7 Å². The molecule has 1 unspecified atom stereocenters. The predicted octanol–water partition coefficient (Wildman–Crippen LogP) is 3.43. The van der Waals surface area contributed by atoms with Gasteiger partial charge in [0.15, 0.2) is 11.6 Å². The zero-order chi connectivity index (χ0) is 23.1. The third-order valence-corrected chi connectivity index (χ3v) is 7.26. The second kappa shape index (κ2) is 8.85. The summed E-state index contributed by atoms with van der Waals surface area (Å²) in [6.07, 6.45) is 6.27. The SMILES string of the molecule is Cc1c(-c2ccn(C(C)C)n2)sc2nc(-c3nccn3C)nc(N3CCOC(CCO)C3)c12. The Morgan fingerprint density at radius 1 is 1.27 bits per heavy atom. The van der Waals surface area contributed by atoms with Crippen molar-refractivity contribution in [1.29, 1.82) is 0 Å². The van der Waals surface area contributed by atoms with Gasteiger partial charge < -0.3 is 19.3 Å². The molecule has 1 saturated heterocycles. The summed E-state index contributed by atoms with van der Waals surface area (Å²) >= 11 is 1.65. The van der Waals surface area contributed by atoms with Crippen molar-refractivity contribution in [2.24, 2.45) is 7.05 Å². The van der Waals surface area contributed by atoms with Crippen LogP contribution < -0.4 is 4.90 Å². The largest absolute Gasteiger partial charge is 0.396 e. The fourth-order valence-electron chi connectivity index (χ4n) is 4.25. The number of imidazole rings is 1. The molecular formula is C23H29N7O2S. The van der Waals surface area contributed by atoms with Crippen LogP contribution >= 0.6 is 11.3 Å². The average molecular weight is 468 g/mol. The van der Waals surface area contributed by atoms with Crippen molar-refractivity contribution >= 4 is 27.4 Å². The van der Waals surface area contributed by atoms with Crippen LogP contribution in [0, 0.1) is 6.92 Å². The second-order valence-electron chi connectivity index (χ2n) is 8.69. The molecule has 174 valence electrons. The van der Waals surface area contributed by atoms with Crippen molar-refractivity contribution in [3.8, 4) is 22.2 Å². The first kappa shape index (κ1) is 22.0. The van der Waals surface area contributed by atoms with E-state index in [0.29, 0.717) is 31.4 Å². The number of morpholine rings is 1. The number of thiophene rings is 1. The zero-order valence-corrected chi connectivity index (χ0v) is 20.2. The van der Waals surface area contributed by atoms with E-state index >= 15 is 0 Å². The van der Waals surface area contributed by atoms with Crippen molar-refractivity contribution in [2.75, 3.05) is 31.2 Å². The van der Waals surface area contributed by atoms with Crippen LogP contribution in [0.2, 0.25) is 0 Å². The van der Waals surface area contributed by atoms with E-state index in [4.69, 9.17) is 19.8 Å². The highest BCUT2D eigenvalue weighted by Crippen LogP contribution is 2.41. The minimum absolute atomic E-state index is 0.0227. The summed E-state index contributed by atoms with van der Waals surface area (Å²) in [5.74, 6) is 2.23. The van der Waals surface area contributed by atoms with Gasteiger partial charge in [0.1, 0.15) is 16.3 Å². The Kier molecular flexibility index (Phi) is 5.90. The van der Waals surface area contributed by atoms with Gasteiger partial charge in [0.2, 0.25) is 0 Å². The number of fused-ring (bicyclic) bond motifs is 1. The molecule has 10 heteroatoms. The smallest absolute Gasteiger partial charge is 0.199 e. The number of hydrogen-bond acceptors (Lipinski definition) is 8. The van der Waals surface area contributed by atoms with E-state index in [1.165, 1.54) is 0 Å². The predicted molar refractivity (Wildman–Crippen MR) is 130 cm³/mol. The summed E-state index contributed by atoms with van der Waals surface area (Å²) in [6, 6.07) is 2.37. The Balaban J connectivity index is 1.67. The quantitative estimate of drug-likeness (QED) is 0.464. The third kappa shape index (κ3) is 4.03. The van der Waals surface area contributed by atoms with Gasteiger partial charge in [-0.2, -0.15) is 5.10 Å². The van der Waals surface area contributed by atoms with Crippen molar-refractivity contribution in [3.63, 3.8) is 0 Å². The molecule has 0 spiro atoms. The highest BCUT2D eigenvalue weighted by atomic mass is 32.1. The van der Waals surface area contributed by atoms with E-state index in [-0.39, 0.29) is 12.7 Å². The Morgan fingerprint density at radius 3 is 2.82 bits per heavy atom. The number of aryl methyl sites for hydroxylation is 2. The summed E-state index contributed by atoms with van der Waals surface area (Å²) in [4.78, 5) is 18.7. The Morgan fingerprint density at radius 2 is 2.12 bits per heavy atom. The fourth-order valence-corrected chi connectivity index (χ4v) is 5.39. The molecule has 0 radical (unpaired) electrons. The number of aliphatic hydroxyl groups is 1. The van der Waals surface area contributed by atoms with Crippen LogP contribution in [0.1, 0.15) is 31.9 Å². The van der Waals surface area contributed by atoms with E-state index in [2.05, 4.69) is 36.7 Å². The van der Waals surface area contributed by atoms with Crippen molar-refractivity contribution in [3.05, 3.63) is 30.2 Å². The van der Waals surface area contributed by atoms with E-state index in [9.17, 15) is 5.11 Å². The normalized spacial score (nSPS) is 16.9. The van der Waals surface area contributed by atoms with Gasteiger partial charge in [0, 0.05) is 51.4 Å². The van der Waals surface area contributed by atoms with Gasteiger partial charge in [-0.25, -0.2) is 15.0 Å². The lowest BCUT2D eigenvalue weighted by molar-refractivity contribution is 0.0245. The van der Waals surface area contributed by atoms with E-state index < -0.39 is 0 Å². The lowest BCUT2D eigenvalue weighted by Crippen LogP contribution is -2.43. The fraction of sp³-hybridized carbons (Fsp3) is 0.478. The second-order valence-corrected chi connectivity index (χ2v) is 9.69. The van der Waals surface area contributed by atoms with E-state index in [0.717, 1.165) is 44.5 Å². The summed E-state index contributed by atoms with van der Waals surface area (Å²) in [5.41, 5.74) is 2.09. The van der Waals surface area contributed by atoms with Crippen LogP contribution in [-0.4, -0.2) is 66.8 Å². The van der Waals surface area contributed by atoms with Gasteiger partial charge in [-0.05, 0) is 38.8 Å². The molecule has 5 heterocycles. The highest BCUT2D eigenvalue weighted by molar-refractivity contribution is 7.22. The summed E-state index contributed by atoms with van der Waals surface area (Å²) < 4.78 is 9.78. The summed E-state index contributed by atoms with van der Waals surface area (Å²) in [7, 11) is 1.95. The number of ether oxygens (including phenoxy) is 1. The van der Waals surface area contributed by atoms with Gasteiger partial charge in [-0.1, -0.05) is 0 Å². The molecule has 0 aliphatic carbocycles. The Bertz CT molecular complexity index is 1270. The minimum atomic E-state index is -0.0227. The Labute approximate surface area is 196 Å². The standard InChI is InChI=1S/C23H29N7O2S/c1-14(2)30-8-5-17(27-30)19-15(3)18-21(29-10-12-32-16(13-29)6-11-31)25-20(26-23(18)33-19)22-24-7-9-28(22)4/h5,7-9,14,16,31H,6,10-13H2,1-4H3. The molecule has 0 saturated carbocycles. The number of aliphatic hydroxyl groups excluding tert-OH is 1. The molecular weight excluding hydrogens is 438 g/mol. The maximum Gasteiger partial charge on any atom is 0.199 e. The Hall–Kier alpha value is -2.82. The first-order valence-corrected chi connectivity index (χ1v) is 12.1. The van der Waals surface area contributed by atoms with Crippen LogP contribution in [0.15, 0.2) is 24.7 Å². The van der Waals surface area contributed by atoms with Gasteiger partial charge in [-0.3, -0.25) is 4.68 Å². The molecule has 9 nitrogen and oxygen atoms in total. The van der Waals surface area contributed by atoms with Gasteiger partial charge in [0.05, 0.1) is 23.0 Å². The topological polar surface area (TPSA) is 94.1 Å². The minimum Gasteiger partial charge on any atom is -0.396 e. The van der Waals surface area contributed by atoms with Crippen LogP contribution in [0.4, 0.5) is 5.82 Å². The molecule has 0 amide bonds. The van der Waals surface area contributed by atoms with Crippen LogP contribution in [-0.2, 0) is 11.8 Å².